The van der Waals surface area contributed by atoms with E-state index in [-0.39, 0.29) is 51.0 Å². The van der Waals surface area contributed by atoms with Gasteiger partial charge in [0.15, 0.2) is 0 Å². The third-order valence-electron chi connectivity index (χ3n) is 12.9. The van der Waals surface area contributed by atoms with Crippen LogP contribution in [0.4, 0.5) is 17.6 Å². The Balaban J connectivity index is 1.41. The maximum absolute atomic E-state index is 14.8. The van der Waals surface area contributed by atoms with Gasteiger partial charge in [-0.05, 0) is 88.5 Å². The molecule has 5 rings (SSSR count). The van der Waals surface area contributed by atoms with Crippen LogP contribution in [0.5, 0.6) is 0 Å². The molecule has 3 aliphatic rings. The smallest absolute Gasteiger partial charge is 0.354 e. The summed E-state index contributed by atoms with van der Waals surface area (Å²) >= 11 is 7.83. The number of carbonyl (C=O) groups is 7. The Morgan fingerprint density at radius 3 is 2.35 bits per heavy atom. The Hall–Kier alpha value is -4.85. The van der Waals surface area contributed by atoms with Crippen LogP contribution in [0.1, 0.15) is 98.0 Å². The Kier molecular flexibility index (Phi) is 16.9. The predicted octanol–water partition coefficient (Wildman–Crippen LogP) is 4.95. The number of hydrogen-bond acceptors (Lipinski definition) is 9. The highest BCUT2D eigenvalue weighted by Gasteiger charge is 2.63. The number of rotatable bonds is 10. The molecule has 66 heavy (non-hydrogen) atoms. The first kappa shape index (κ1) is 52.1. The third-order valence-corrected chi connectivity index (χ3v) is 13.9. The summed E-state index contributed by atoms with van der Waals surface area (Å²) in [6, 6.07) is -1.50. The molecule has 1 aliphatic carbocycles. The molecule has 4 N–H and O–H groups in total. The minimum absolute atomic E-state index is 0.0366. The number of aromatic nitrogens is 1. The molecule has 2 aliphatic heterocycles. The molecular weight excluding hydrogens is 908 g/mol. The molecule has 7 amide bonds. The summed E-state index contributed by atoms with van der Waals surface area (Å²) in [4.78, 5) is 106. The van der Waals surface area contributed by atoms with Crippen molar-refractivity contribution in [2.24, 2.45) is 11.3 Å². The number of thiazole rings is 1. The SMILES string of the molecule is CC(C)C[C@@H]1NC(=O)[C@@H](N(C)C(=O)[C@H](C)NC(=O)[C@@H]2C[C@@H](F)CN2C(=O)C2(C(F)(F)F)CCCC2)CCCCNC(=O)C(C)(C)NC(=O)[C@H](Cc2cc(Cl)ccc2-c2cncs2)N(C)C1=O. The summed E-state index contributed by atoms with van der Waals surface area (Å²) in [6.45, 7) is 7.49. The molecule has 1 aromatic carbocycles. The largest absolute Gasteiger partial charge is 0.403 e. The van der Waals surface area contributed by atoms with Crippen molar-refractivity contribution >= 4 is 64.3 Å². The van der Waals surface area contributed by atoms with Gasteiger partial charge in [0.2, 0.25) is 41.4 Å². The average molecular weight is 970 g/mol. The zero-order valence-corrected chi connectivity index (χ0v) is 39.9. The summed E-state index contributed by atoms with van der Waals surface area (Å²) in [5.41, 5.74) is -1.16. The van der Waals surface area contributed by atoms with Gasteiger partial charge in [-0.2, -0.15) is 13.2 Å². The number of amides is 7. The molecule has 0 bridgehead atoms. The topological polar surface area (TPSA) is 190 Å². The average Bonchev–Trinajstić information content (AvgIpc) is 4.04. The van der Waals surface area contributed by atoms with E-state index >= 15 is 0 Å². The quantitative estimate of drug-likeness (QED) is 0.241. The molecule has 1 aromatic heterocycles. The van der Waals surface area contributed by atoms with Gasteiger partial charge < -0.3 is 36.0 Å². The van der Waals surface area contributed by atoms with Gasteiger partial charge in [0.25, 0.3) is 0 Å². The van der Waals surface area contributed by atoms with Gasteiger partial charge in [0.05, 0.1) is 16.9 Å². The van der Waals surface area contributed by atoms with Crippen molar-refractivity contribution in [2.45, 2.75) is 147 Å². The number of hydrogen-bond donors (Lipinski definition) is 4. The van der Waals surface area contributed by atoms with Gasteiger partial charge in [-0.3, -0.25) is 38.5 Å². The molecule has 0 unspecified atom stereocenters. The molecule has 21 heteroatoms. The third kappa shape index (κ3) is 11.8. The van der Waals surface area contributed by atoms with Crippen LogP contribution in [-0.4, -0.2) is 136 Å². The first-order valence-corrected chi connectivity index (χ1v) is 23.6. The molecule has 15 nitrogen and oxygen atoms in total. The van der Waals surface area contributed by atoms with Crippen molar-refractivity contribution in [3.05, 3.63) is 40.5 Å². The lowest BCUT2D eigenvalue weighted by Gasteiger charge is -2.36. The van der Waals surface area contributed by atoms with Crippen molar-refractivity contribution in [3.8, 4) is 10.4 Å². The number of nitrogens with zero attached hydrogens (tertiary/aromatic N) is 4. The fourth-order valence-corrected chi connectivity index (χ4v) is 9.97. The van der Waals surface area contributed by atoms with Crippen LogP contribution in [0, 0.1) is 11.3 Å². The molecule has 2 saturated heterocycles. The fourth-order valence-electron chi connectivity index (χ4n) is 9.09. The first-order chi connectivity index (χ1) is 30.9. The van der Waals surface area contributed by atoms with Crippen LogP contribution in [0.2, 0.25) is 5.02 Å². The van der Waals surface area contributed by atoms with Crippen LogP contribution in [0.25, 0.3) is 10.4 Å². The summed E-state index contributed by atoms with van der Waals surface area (Å²) in [6.07, 6.45) is -5.50. The van der Waals surface area contributed by atoms with Gasteiger partial charge in [-0.15, -0.1) is 11.3 Å². The Morgan fingerprint density at radius 2 is 1.73 bits per heavy atom. The van der Waals surface area contributed by atoms with Crippen molar-refractivity contribution in [2.75, 3.05) is 27.2 Å². The first-order valence-electron chi connectivity index (χ1n) is 22.3. The van der Waals surface area contributed by atoms with E-state index in [9.17, 15) is 51.1 Å². The lowest BCUT2D eigenvalue weighted by Crippen LogP contribution is -2.62. The highest BCUT2D eigenvalue weighted by molar-refractivity contribution is 7.13. The fraction of sp³-hybridized carbons (Fsp3) is 0.644. The maximum atomic E-state index is 14.8. The number of nitrogens with one attached hydrogen (secondary N) is 4. The van der Waals surface area contributed by atoms with E-state index < -0.39 is 121 Å². The maximum Gasteiger partial charge on any atom is 0.403 e. The summed E-state index contributed by atoms with van der Waals surface area (Å²) < 4.78 is 57.9. The number of likely N-dealkylation sites (tertiary alicyclic amines) is 1. The van der Waals surface area contributed by atoms with E-state index in [1.807, 2.05) is 13.8 Å². The zero-order chi connectivity index (χ0) is 48.9. The van der Waals surface area contributed by atoms with Crippen molar-refractivity contribution in [1.82, 2.24) is 41.0 Å². The zero-order valence-electron chi connectivity index (χ0n) is 38.4. The molecule has 6 atom stereocenters. The van der Waals surface area contributed by atoms with E-state index in [1.165, 1.54) is 51.1 Å². The molecule has 364 valence electrons. The number of alkyl halides is 4. The summed E-state index contributed by atoms with van der Waals surface area (Å²) in [7, 11) is 2.75. The van der Waals surface area contributed by atoms with E-state index in [0.717, 1.165) is 15.3 Å². The minimum atomic E-state index is -4.91. The van der Waals surface area contributed by atoms with Crippen LogP contribution >= 0.6 is 22.9 Å². The highest BCUT2D eigenvalue weighted by Crippen LogP contribution is 2.52. The summed E-state index contributed by atoms with van der Waals surface area (Å²) in [5.74, 6) is -5.83. The Bertz CT molecular complexity index is 2120. The van der Waals surface area contributed by atoms with Crippen LogP contribution in [0.15, 0.2) is 29.9 Å². The van der Waals surface area contributed by atoms with Gasteiger partial charge in [-0.25, -0.2) is 4.39 Å². The normalized spacial score (nSPS) is 25.0. The van der Waals surface area contributed by atoms with Gasteiger partial charge in [-0.1, -0.05) is 44.4 Å². The van der Waals surface area contributed by atoms with Crippen LogP contribution in [-0.2, 0) is 40.0 Å². The predicted molar refractivity (Wildman–Crippen MR) is 239 cm³/mol. The highest BCUT2D eigenvalue weighted by atomic mass is 35.5. The second-order valence-electron chi connectivity index (χ2n) is 18.7. The molecule has 2 aromatic rings. The Morgan fingerprint density at radius 1 is 1.05 bits per heavy atom. The molecule has 1 saturated carbocycles. The van der Waals surface area contributed by atoms with Gasteiger partial charge >= 0.3 is 6.18 Å². The van der Waals surface area contributed by atoms with E-state index in [4.69, 9.17) is 11.6 Å². The number of likely N-dealkylation sites (N-methyl/N-ethyl adjacent to an activating group) is 2. The second kappa shape index (κ2) is 21.4. The van der Waals surface area contributed by atoms with Gasteiger partial charge in [0, 0.05) is 44.7 Å². The second-order valence-corrected chi connectivity index (χ2v) is 20.0. The summed E-state index contributed by atoms with van der Waals surface area (Å²) in [5, 5.41) is 11.3. The van der Waals surface area contributed by atoms with Crippen LogP contribution in [0.3, 0.4) is 0 Å². The number of carbonyl (C=O) groups excluding carboxylic acids is 7. The number of benzene rings is 1. The van der Waals surface area contributed by atoms with E-state index in [1.54, 1.807) is 29.9 Å². The van der Waals surface area contributed by atoms with Crippen LogP contribution < -0.4 is 21.3 Å². The molecule has 3 fully saturated rings. The lowest BCUT2D eigenvalue weighted by atomic mass is 9.83. The lowest BCUT2D eigenvalue weighted by molar-refractivity contribution is -0.226. The van der Waals surface area contributed by atoms with E-state index in [0.29, 0.717) is 21.9 Å². The Labute approximate surface area is 391 Å². The standard InChI is InChI=1S/C45H61ClF4N8O7S/c1-25(2)18-31-40(63)57(7)33(20-27-19-28(46)13-14-30(27)35-22-51-24-66-35)38(61)55-43(4,5)41(64)52-17-11-8-12-32(36(59)54-31)56(6)39(62)26(3)53-37(60)34-21-29(47)23-58(34)42(65)44(45(48,49)50)15-9-10-16-44/h13-14,19,22,24-26,29,31-34H,8-12,15-18,20-21,23H2,1-7H3,(H,52,64)(H,53,60)(H,54,59)(H,55,61)/t26-,29+,31-,32-,33-,34-/m0/s1. The van der Waals surface area contributed by atoms with E-state index in [2.05, 4.69) is 26.3 Å². The van der Waals surface area contributed by atoms with Crippen molar-refractivity contribution in [1.29, 1.82) is 0 Å². The van der Waals surface area contributed by atoms with Crippen molar-refractivity contribution < 1.29 is 51.1 Å². The monoisotopic (exact) mass is 968 g/mol. The molecule has 0 spiro atoms. The molecule has 3 heterocycles. The minimum Gasteiger partial charge on any atom is -0.354 e. The van der Waals surface area contributed by atoms with Gasteiger partial charge in [0.1, 0.15) is 47.3 Å². The molecule has 0 radical (unpaired) electrons. The molecular formula is C45H61ClF4N8O7S. The van der Waals surface area contributed by atoms with Crippen molar-refractivity contribution in [3.63, 3.8) is 0 Å². The number of halogens is 5.